The van der Waals surface area contributed by atoms with E-state index in [0.717, 1.165) is 11.6 Å². The van der Waals surface area contributed by atoms with Crippen LogP contribution in [0.15, 0.2) is 81.7 Å². The molecule has 0 spiro atoms. The molecule has 4 aromatic carbocycles. The molecule has 0 saturated heterocycles. The minimum atomic E-state index is -4.46. The Morgan fingerprint density at radius 3 is 1.47 bits per heavy atom. The monoisotopic (exact) mass is 840 g/mol. The van der Waals surface area contributed by atoms with E-state index in [2.05, 4.69) is 42.5 Å². The standard InChI is InChI=1S/C18H15BrF3NO4.C17H15BrFNO4/c1-2-16(24)23-15-6-4-11(8-12(15)17(25)26)27-9-10-3-5-13(14(19)7-10)18(20,21)22;1-2-16(21)20-15-6-4-11(8-12(15)17(22)23)24-9-10-3-5-14(19)13(18)7-10/h3-8H,2,9H2,1H3,(H,23,24)(H,25,26);3-8H,2,9H2,1H3,(H,20,21)(H,22,23). The van der Waals surface area contributed by atoms with E-state index in [-0.39, 0.29) is 76.4 Å². The number of nitrogens with one attached hydrogen (secondary N) is 2. The zero-order chi connectivity index (χ0) is 37.9. The molecule has 0 aliphatic heterocycles. The molecule has 4 N–H and O–H groups in total. The summed E-state index contributed by atoms with van der Waals surface area (Å²) in [6, 6.07) is 16.5. The Balaban J connectivity index is 0.000000277. The second-order valence-corrected chi connectivity index (χ2v) is 12.2. The van der Waals surface area contributed by atoms with Crippen LogP contribution in [-0.2, 0) is 29.0 Å². The molecule has 0 atom stereocenters. The van der Waals surface area contributed by atoms with E-state index in [0.29, 0.717) is 15.8 Å². The Morgan fingerprint density at radius 1 is 0.667 bits per heavy atom. The minimum Gasteiger partial charge on any atom is -0.489 e. The summed E-state index contributed by atoms with van der Waals surface area (Å²) in [4.78, 5) is 45.6. The minimum absolute atomic E-state index is 0.0591. The van der Waals surface area contributed by atoms with Gasteiger partial charge in [0.15, 0.2) is 0 Å². The summed E-state index contributed by atoms with van der Waals surface area (Å²) in [5, 5.41) is 23.6. The van der Waals surface area contributed by atoms with Crippen molar-refractivity contribution in [2.24, 2.45) is 0 Å². The molecule has 0 aromatic heterocycles. The third-order valence-electron chi connectivity index (χ3n) is 6.77. The van der Waals surface area contributed by atoms with E-state index in [9.17, 15) is 47.0 Å². The van der Waals surface area contributed by atoms with Crippen molar-refractivity contribution in [2.75, 3.05) is 10.6 Å². The van der Waals surface area contributed by atoms with Crippen molar-refractivity contribution < 1.29 is 56.4 Å². The van der Waals surface area contributed by atoms with Crippen molar-refractivity contribution in [3.8, 4) is 11.5 Å². The molecule has 2 amide bonds. The van der Waals surface area contributed by atoms with Crippen LogP contribution < -0.4 is 20.1 Å². The Hall–Kier alpha value is -4.96. The number of ether oxygens (including phenoxy) is 2. The smallest absolute Gasteiger partial charge is 0.417 e. The van der Waals surface area contributed by atoms with Gasteiger partial charge in [0.1, 0.15) is 30.5 Å². The highest BCUT2D eigenvalue weighted by molar-refractivity contribution is 9.10. The van der Waals surface area contributed by atoms with E-state index >= 15 is 0 Å². The number of halogens is 6. The Bertz CT molecular complexity index is 1920. The normalized spacial score (nSPS) is 10.7. The molecular formula is C35H30Br2F4N2O8. The largest absolute Gasteiger partial charge is 0.489 e. The van der Waals surface area contributed by atoms with Gasteiger partial charge in [-0.05, 0) is 87.7 Å². The topological polar surface area (TPSA) is 151 Å². The van der Waals surface area contributed by atoms with Crippen LogP contribution in [0.3, 0.4) is 0 Å². The molecule has 0 radical (unpaired) electrons. The van der Waals surface area contributed by atoms with E-state index in [1.807, 2.05) is 0 Å². The summed E-state index contributed by atoms with van der Waals surface area (Å²) in [5.74, 6) is -2.85. The average molecular weight is 842 g/mol. The van der Waals surface area contributed by atoms with Crippen molar-refractivity contribution >= 4 is 67.0 Å². The first-order valence-electron chi connectivity index (χ1n) is 14.9. The highest BCUT2D eigenvalue weighted by Crippen LogP contribution is 2.35. The molecule has 16 heteroatoms. The summed E-state index contributed by atoms with van der Waals surface area (Å²) in [6.07, 6.45) is -4.02. The van der Waals surface area contributed by atoms with E-state index in [4.69, 9.17) is 9.47 Å². The van der Waals surface area contributed by atoms with Gasteiger partial charge in [-0.2, -0.15) is 13.2 Å². The molecule has 0 aliphatic rings. The molecule has 4 rings (SSSR count). The zero-order valence-electron chi connectivity index (χ0n) is 26.9. The van der Waals surface area contributed by atoms with Crippen LogP contribution in [0.25, 0.3) is 0 Å². The lowest BCUT2D eigenvalue weighted by Crippen LogP contribution is -2.13. The molecule has 0 heterocycles. The van der Waals surface area contributed by atoms with Crippen molar-refractivity contribution in [1.29, 1.82) is 0 Å². The number of carboxylic acid groups (broad SMARTS) is 2. The van der Waals surface area contributed by atoms with Crippen molar-refractivity contribution in [1.82, 2.24) is 0 Å². The van der Waals surface area contributed by atoms with Gasteiger partial charge in [0.2, 0.25) is 11.8 Å². The SMILES string of the molecule is CCC(=O)Nc1ccc(OCc2ccc(C(F)(F)F)c(Br)c2)cc1C(=O)O.CCC(=O)Nc1ccc(OCc2ccc(F)c(Br)c2)cc1C(=O)O. The van der Waals surface area contributed by atoms with Crippen molar-refractivity contribution in [3.63, 3.8) is 0 Å². The quantitative estimate of drug-likeness (QED) is 0.103. The number of rotatable bonds is 12. The summed E-state index contributed by atoms with van der Waals surface area (Å²) in [5.41, 5.74) is 0.539. The number of hydrogen-bond donors (Lipinski definition) is 4. The lowest BCUT2D eigenvalue weighted by Gasteiger charge is -2.13. The molecule has 270 valence electrons. The van der Waals surface area contributed by atoms with Gasteiger partial charge < -0.3 is 30.3 Å². The van der Waals surface area contributed by atoms with Crippen LogP contribution in [0, 0.1) is 5.82 Å². The summed E-state index contributed by atoms with van der Waals surface area (Å²) < 4.78 is 62.7. The highest BCUT2D eigenvalue weighted by atomic mass is 79.9. The number of benzene rings is 4. The number of carboxylic acids is 2. The fraction of sp³-hybridized carbons (Fsp3) is 0.200. The lowest BCUT2D eigenvalue weighted by atomic mass is 10.1. The van der Waals surface area contributed by atoms with E-state index in [1.54, 1.807) is 32.0 Å². The molecule has 4 aromatic rings. The molecule has 10 nitrogen and oxygen atoms in total. The second kappa shape index (κ2) is 18.3. The predicted octanol–water partition coefficient (Wildman–Crippen LogP) is 9.31. The first kappa shape index (κ1) is 40.5. The van der Waals surface area contributed by atoms with Crippen LogP contribution in [0.2, 0.25) is 0 Å². The van der Waals surface area contributed by atoms with Crippen molar-refractivity contribution in [2.45, 2.75) is 46.1 Å². The summed E-state index contributed by atoms with van der Waals surface area (Å²) in [7, 11) is 0. The zero-order valence-corrected chi connectivity index (χ0v) is 30.0. The number of carbonyl (C=O) groups excluding carboxylic acids is 2. The maximum absolute atomic E-state index is 13.2. The van der Waals surface area contributed by atoms with Gasteiger partial charge in [0.05, 0.1) is 32.5 Å². The second-order valence-electron chi connectivity index (χ2n) is 10.5. The van der Waals surface area contributed by atoms with Gasteiger partial charge >= 0.3 is 18.1 Å². The molecule has 0 unspecified atom stereocenters. The highest BCUT2D eigenvalue weighted by Gasteiger charge is 2.32. The number of carbonyl (C=O) groups is 4. The molecule has 0 aliphatic carbocycles. The maximum Gasteiger partial charge on any atom is 0.417 e. The molecule has 0 saturated carbocycles. The van der Waals surface area contributed by atoms with Crippen LogP contribution >= 0.6 is 31.9 Å². The van der Waals surface area contributed by atoms with Crippen LogP contribution in [0.1, 0.15) is 64.1 Å². The van der Waals surface area contributed by atoms with Crippen LogP contribution in [0.5, 0.6) is 11.5 Å². The molecule has 0 fully saturated rings. The van der Waals surface area contributed by atoms with Gasteiger partial charge in [0.25, 0.3) is 0 Å². The van der Waals surface area contributed by atoms with Gasteiger partial charge in [-0.1, -0.05) is 41.9 Å². The number of amides is 2. The first-order chi connectivity index (χ1) is 24.0. The number of aromatic carboxylic acids is 2. The Labute approximate surface area is 306 Å². The van der Waals surface area contributed by atoms with Crippen LogP contribution in [-0.4, -0.2) is 34.0 Å². The molecule has 0 bridgehead atoms. The first-order valence-corrected chi connectivity index (χ1v) is 16.5. The van der Waals surface area contributed by atoms with Crippen LogP contribution in [0.4, 0.5) is 28.9 Å². The third-order valence-corrected chi connectivity index (χ3v) is 8.03. The third kappa shape index (κ3) is 12.1. The number of anilines is 2. The van der Waals surface area contributed by atoms with E-state index in [1.165, 1.54) is 48.5 Å². The lowest BCUT2D eigenvalue weighted by molar-refractivity contribution is -0.138. The average Bonchev–Trinajstić information content (AvgIpc) is 3.08. The predicted molar refractivity (Wildman–Crippen MR) is 187 cm³/mol. The molecule has 51 heavy (non-hydrogen) atoms. The number of alkyl halides is 3. The van der Waals surface area contributed by atoms with Gasteiger partial charge in [-0.3, -0.25) is 9.59 Å². The summed E-state index contributed by atoms with van der Waals surface area (Å²) in [6.45, 7) is 3.40. The van der Waals surface area contributed by atoms with Gasteiger partial charge in [-0.15, -0.1) is 0 Å². The fourth-order valence-electron chi connectivity index (χ4n) is 4.12. The maximum atomic E-state index is 13.2. The van der Waals surface area contributed by atoms with Crippen molar-refractivity contribution in [3.05, 3.63) is 115 Å². The fourth-order valence-corrected chi connectivity index (χ4v) is 5.19. The summed E-state index contributed by atoms with van der Waals surface area (Å²) >= 11 is 5.98. The Morgan fingerprint density at radius 2 is 1.10 bits per heavy atom. The van der Waals surface area contributed by atoms with Gasteiger partial charge in [0, 0.05) is 17.3 Å². The molecular weight excluding hydrogens is 812 g/mol. The number of hydrogen-bond acceptors (Lipinski definition) is 6. The van der Waals surface area contributed by atoms with E-state index < -0.39 is 23.7 Å². The van der Waals surface area contributed by atoms with Gasteiger partial charge in [-0.25, -0.2) is 14.0 Å². The Kier molecular flexibility index (Phi) is 14.5.